The minimum atomic E-state index is 0.254. The lowest BCUT2D eigenvalue weighted by Gasteiger charge is -2.12. The van der Waals surface area contributed by atoms with Gasteiger partial charge in [-0.25, -0.2) is 0 Å². The lowest BCUT2D eigenvalue weighted by atomic mass is 10.1. The Labute approximate surface area is 202 Å². The summed E-state index contributed by atoms with van der Waals surface area (Å²) in [6.07, 6.45) is 18.9. The average molecular weight is 464 g/mol. The fraction of sp³-hybridized carbons (Fsp3) is 0.778. The van der Waals surface area contributed by atoms with Gasteiger partial charge >= 0.3 is 0 Å². The van der Waals surface area contributed by atoms with Gasteiger partial charge in [-0.05, 0) is 31.5 Å². The number of benzene rings is 1. The molecule has 5 heteroatoms. The van der Waals surface area contributed by atoms with E-state index in [2.05, 4.69) is 48.0 Å². The van der Waals surface area contributed by atoms with E-state index >= 15 is 0 Å². The Balaban J connectivity index is 1.47. The summed E-state index contributed by atoms with van der Waals surface area (Å²) < 4.78 is 6.01. The Hall–Kier alpha value is -1.07. The lowest BCUT2D eigenvalue weighted by molar-refractivity contribution is 0.304. The summed E-state index contributed by atoms with van der Waals surface area (Å²) in [6.45, 7) is 7.58. The first kappa shape index (κ1) is 27.2. The van der Waals surface area contributed by atoms with Crippen LogP contribution in [0.2, 0.25) is 0 Å². The number of unbranched alkanes of at least 4 members (excludes halogenated alkanes) is 12. The highest BCUT2D eigenvalue weighted by Gasteiger charge is 2.19. The molecule has 0 aromatic heterocycles. The van der Waals surface area contributed by atoms with Gasteiger partial charge in [0.25, 0.3) is 0 Å². The van der Waals surface area contributed by atoms with Gasteiger partial charge in [0.1, 0.15) is 11.2 Å². The molecule has 0 saturated heterocycles. The zero-order valence-corrected chi connectivity index (χ0v) is 21.7. The van der Waals surface area contributed by atoms with Crippen LogP contribution in [0.15, 0.2) is 18.2 Å². The number of anilines is 2. The van der Waals surface area contributed by atoms with Gasteiger partial charge in [0.15, 0.2) is 0 Å². The molecule has 1 aromatic carbocycles. The van der Waals surface area contributed by atoms with Gasteiger partial charge < -0.3 is 20.7 Å². The minimum absolute atomic E-state index is 0.254. The van der Waals surface area contributed by atoms with E-state index in [9.17, 15) is 0 Å². The molecule has 1 atom stereocenters. The van der Waals surface area contributed by atoms with Crippen molar-refractivity contribution in [2.45, 2.75) is 109 Å². The van der Waals surface area contributed by atoms with Crippen molar-refractivity contribution in [3.8, 4) is 5.75 Å². The highest BCUT2D eigenvalue weighted by Crippen LogP contribution is 2.35. The number of rotatable bonds is 21. The molecule has 1 unspecified atom stereocenters. The SMILES string of the molecule is CCCCCCCCCCCCOc1ccc2c(c1)NC(SCCNCCCCCC)N2. The summed E-state index contributed by atoms with van der Waals surface area (Å²) in [5.41, 5.74) is 2.60. The molecule has 4 nitrogen and oxygen atoms in total. The molecule has 0 bridgehead atoms. The first-order valence-corrected chi connectivity index (χ1v) is 14.5. The molecular weight excluding hydrogens is 414 g/mol. The second-order valence-corrected chi connectivity index (χ2v) is 10.3. The van der Waals surface area contributed by atoms with E-state index < -0.39 is 0 Å². The van der Waals surface area contributed by atoms with E-state index in [1.165, 1.54) is 89.2 Å². The summed E-state index contributed by atoms with van der Waals surface area (Å²) in [4.78, 5) is 0. The molecule has 0 amide bonds. The molecule has 0 fully saturated rings. The van der Waals surface area contributed by atoms with Crippen LogP contribution >= 0.6 is 11.8 Å². The van der Waals surface area contributed by atoms with Gasteiger partial charge in [-0.1, -0.05) is 90.9 Å². The topological polar surface area (TPSA) is 45.3 Å². The zero-order chi connectivity index (χ0) is 22.7. The van der Waals surface area contributed by atoms with Crippen molar-refractivity contribution in [1.29, 1.82) is 0 Å². The Kier molecular flexibility index (Phi) is 15.6. The predicted octanol–water partition coefficient (Wildman–Crippen LogP) is 8.01. The molecule has 1 aromatic rings. The number of ether oxygens (including phenoxy) is 1. The van der Waals surface area contributed by atoms with E-state index in [0.29, 0.717) is 0 Å². The first-order chi connectivity index (χ1) is 15.8. The van der Waals surface area contributed by atoms with Gasteiger partial charge in [0.2, 0.25) is 0 Å². The van der Waals surface area contributed by atoms with Crippen LogP contribution in [0.4, 0.5) is 11.4 Å². The van der Waals surface area contributed by atoms with Gasteiger partial charge in [0.05, 0.1) is 18.0 Å². The zero-order valence-electron chi connectivity index (χ0n) is 20.9. The second-order valence-electron chi connectivity index (χ2n) is 9.09. The normalized spacial score (nSPS) is 14.8. The molecule has 32 heavy (non-hydrogen) atoms. The molecule has 0 radical (unpaired) electrons. The third-order valence-corrected chi connectivity index (χ3v) is 7.11. The first-order valence-electron chi connectivity index (χ1n) is 13.5. The third-order valence-electron chi connectivity index (χ3n) is 6.10. The van der Waals surface area contributed by atoms with Gasteiger partial charge in [-0.2, -0.15) is 0 Å². The fourth-order valence-corrected chi connectivity index (χ4v) is 5.01. The quantitative estimate of drug-likeness (QED) is 0.161. The van der Waals surface area contributed by atoms with Crippen LogP contribution in [-0.2, 0) is 0 Å². The Morgan fingerprint density at radius 2 is 1.38 bits per heavy atom. The van der Waals surface area contributed by atoms with E-state index in [4.69, 9.17) is 4.74 Å². The standard InChI is InChI=1S/C27H49N3OS/c1-3-5-7-9-10-11-12-13-14-16-21-31-24-17-18-25-26(23-24)30-27(29-25)32-22-20-28-19-15-8-6-4-2/h17-18,23,27-30H,3-16,19-22H2,1-2H3. The van der Waals surface area contributed by atoms with Crippen LogP contribution in [-0.4, -0.2) is 30.9 Å². The van der Waals surface area contributed by atoms with Gasteiger partial charge in [0, 0.05) is 18.4 Å². The van der Waals surface area contributed by atoms with Crippen molar-refractivity contribution in [2.75, 3.05) is 36.1 Å². The number of hydrogen-bond acceptors (Lipinski definition) is 5. The molecule has 0 saturated carbocycles. The van der Waals surface area contributed by atoms with Crippen molar-refractivity contribution in [3.05, 3.63) is 18.2 Å². The highest BCUT2D eigenvalue weighted by atomic mass is 32.2. The van der Waals surface area contributed by atoms with Crippen molar-refractivity contribution in [3.63, 3.8) is 0 Å². The summed E-state index contributed by atoms with van der Waals surface area (Å²) in [5, 5.41) is 10.7. The molecule has 3 N–H and O–H groups in total. The molecule has 0 aliphatic carbocycles. The molecule has 1 heterocycles. The van der Waals surface area contributed by atoms with Crippen LogP contribution in [0.25, 0.3) is 0 Å². The molecule has 184 valence electrons. The van der Waals surface area contributed by atoms with Crippen LogP contribution in [0.5, 0.6) is 5.75 Å². The lowest BCUT2D eigenvalue weighted by Crippen LogP contribution is -2.23. The maximum Gasteiger partial charge on any atom is 0.145 e. The summed E-state index contributed by atoms with van der Waals surface area (Å²) in [6, 6.07) is 6.38. The predicted molar refractivity (Wildman–Crippen MR) is 144 cm³/mol. The van der Waals surface area contributed by atoms with Crippen LogP contribution < -0.4 is 20.7 Å². The molecule has 1 aliphatic heterocycles. The Bertz CT molecular complexity index is 584. The Morgan fingerprint density at radius 3 is 2.09 bits per heavy atom. The monoisotopic (exact) mass is 463 g/mol. The van der Waals surface area contributed by atoms with Gasteiger partial charge in [-0.3, -0.25) is 0 Å². The third kappa shape index (κ3) is 12.2. The molecule has 1 aliphatic rings. The molecule has 0 spiro atoms. The maximum atomic E-state index is 6.01. The van der Waals surface area contributed by atoms with Crippen molar-refractivity contribution < 1.29 is 4.74 Å². The number of nitrogens with one attached hydrogen (secondary N) is 3. The van der Waals surface area contributed by atoms with Crippen LogP contribution in [0, 0.1) is 0 Å². The van der Waals surface area contributed by atoms with E-state index in [0.717, 1.165) is 43.3 Å². The van der Waals surface area contributed by atoms with Crippen molar-refractivity contribution in [2.24, 2.45) is 0 Å². The number of fused-ring (bicyclic) bond motifs is 1. The smallest absolute Gasteiger partial charge is 0.145 e. The fourth-order valence-electron chi connectivity index (χ4n) is 4.09. The van der Waals surface area contributed by atoms with E-state index in [1.54, 1.807) is 0 Å². The van der Waals surface area contributed by atoms with E-state index in [1.807, 2.05) is 11.8 Å². The molecule has 2 rings (SSSR count). The van der Waals surface area contributed by atoms with Crippen molar-refractivity contribution in [1.82, 2.24) is 5.32 Å². The van der Waals surface area contributed by atoms with Gasteiger partial charge in [-0.15, -0.1) is 11.8 Å². The average Bonchev–Trinajstić information content (AvgIpc) is 3.21. The highest BCUT2D eigenvalue weighted by molar-refractivity contribution is 8.00. The van der Waals surface area contributed by atoms with Crippen LogP contribution in [0.3, 0.4) is 0 Å². The molecular formula is C27H49N3OS. The van der Waals surface area contributed by atoms with Crippen molar-refractivity contribution >= 4 is 23.1 Å². The largest absolute Gasteiger partial charge is 0.494 e. The number of hydrogen-bond donors (Lipinski definition) is 3. The summed E-state index contributed by atoms with van der Waals surface area (Å²) in [5.74, 6) is 2.09. The second kappa shape index (κ2) is 18.4. The minimum Gasteiger partial charge on any atom is -0.494 e. The maximum absolute atomic E-state index is 6.01. The Morgan fingerprint density at radius 1 is 0.750 bits per heavy atom. The summed E-state index contributed by atoms with van der Waals surface area (Å²) in [7, 11) is 0. The number of thioether (sulfide) groups is 1. The van der Waals surface area contributed by atoms with E-state index in [-0.39, 0.29) is 5.50 Å². The summed E-state index contributed by atoms with van der Waals surface area (Å²) >= 11 is 1.93. The van der Waals surface area contributed by atoms with Crippen LogP contribution in [0.1, 0.15) is 104 Å².